The number of aromatic nitrogens is 1. The minimum absolute atomic E-state index is 0.273. The average Bonchev–Trinajstić information content (AvgIpc) is 2.41. The van der Waals surface area contributed by atoms with Crippen molar-refractivity contribution in [1.29, 1.82) is 5.26 Å². The van der Waals surface area contributed by atoms with Gasteiger partial charge in [0, 0.05) is 12.7 Å². The molecular formula is C14H13N3O. The molecule has 0 atom stereocenters. The van der Waals surface area contributed by atoms with Crippen molar-refractivity contribution in [2.45, 2.75) is 6.42 Å². The molecule has 0 fully saturated rings. The summed E-state index contributed by atoms with van der Waals surface area (Å²) in [6.45, 7) is 0.729. The van der Waals surface area contributed by atoms with Crippen molar-refractivity contribution in [2.24, 2.45) is 0 Å². The third-order valence-electron chi connectivity index (χ3n) is 2.55. The first-order valence-corrected chi connectivity index (χ1v) is 5.66. The predicted octanol–water partition coefficient (Wildman–Crippen LogP) is 2.31. The maximum absolute atomic E-state index is 9.16. The average molecular weight is 239 g/mol. The van der Waals surface area contributed by atoms with Gasteiger partial charge in [0.1, 0.15) is 11.6 Å². The summed E-state index contributed by atoms with van der Waals surface area (Å²) in [7, 11) is 0. The van der Waals surface area contributed by atoms with E-state index in [1.807, 2.05) is 12.1 Å². The van der Waals surface area contributed by atoms with Crippen molar-refractivity contribution in [1.82, 2.24) is 4.98 Å². The summed E-state index contributed by atoms with van der Waals surface area (Å²) in [6.07, 6.45) is 2.44. The van der Waals surface area contributed by atoms with Crippen LogP contribution in [0.4, 0.5) is 5.82 Å². The lowest BCUT2D eigenvalue weighted by Crippen LogP contribution is -2.06. The highest BCUT2D eigenvalue weighted by Gasteiger charge is 1.97. The fourth-order valence-corrected chi connectivity index (χ4v) is 1.59. The Kier molecular flexibility index (Phi) is 3.77. The molecule has 2 aromatic rings. The SMILES string of the molecule is N#Cc1ccnc(NCCc2ccc(O)cc2)c1. The number of rotatable bonds is 4. The molecule has 0 saturated carbocycles. The molecule has 1 heterocycles. The minimum Gasteiger partial charge on any atom is -0.508 e. The molecule has 4 heteroatoms. The largest absolute Gasteiger partial charge is 0.508 e. The number of hydrogen-bond donors (Lipinski definition) is 2. The summed E-state index contributed by atoms with van der Waals surface area (Å²) in [5.74, 6) is 0.975. The number of benzene rings is 1. The van der Waals surface area contributed by atoms with Gasteiger partial charge >= 0.3 is 0 Å². The summed E-state index contributed by atoms with van der Waals surface area (Å²) in [4.78, 5) is 4.13. The van der Waals surface area contributed by atoms with Crippen LogP contribution >= 0.6 is 0 Å². The molecule has 0 aliphatic rings. The molecule has 1 aromatic carbocycles. The van der Waals surface area contributed by atoms with E-state index in [0.29, 0.717) is 11.4 Å². The van der Waals surface area contributed by atoms with E-state index in [4.69, 9.17) is 10.4 Å². The Bertz CT molecular complexity index is 558. The van der Waals surface area contributed by atoms with E-state index in [9.17, 15) is 0 Å². The zero-order valence-corrected chi connectivity index (χ0v) is 9.80. The molecule has 0 saturated heterocycles. The molecule has 18 heavy (non-hydrogen) atoms. The lowest BCUT2D eigenvalue weighted by Gasteiger charge is -2.05. The van der Waals surface area contributed by atoms with Crippen molar-refractivity contribution in [3.8, 4) is 11.8 Å². The van der Waals surface area contributed by atoms with Crippen molar-refractivity contribution in [3.05, 3.63) is 53.7 Å². The summed E-state index contributed by atoms with van der Waals surface area (Å²) in [5.41, 5.74) is 1.73. The van der Waals surface area contributed by atoms with Gasteiger partial charge in [-0.3, -0.25) is 0 Å². The second-order valence-electron chi connectivity index (χ2n) is 3.88. The molecule has 0 amide bonds. The fourth-order valence-electron chi connectivity index (χ4n) is 1.59. The molecule has 0 radical (unpaired) electrons. The molecule has 1 aromatic heterocycles. The van der Waals surface area contributed by atoms with E-state index in [0.717, 1.165) is 18.5 Å². The number of pyridine rings is 1. The Morgan fingerprint density at radius 3 is 2.72 bits per heavy atom. The van der Waals surface area contributed by atoms with E-state index < -0.39 is 0 Å². The molecule has 4 nitrogen and oxygen atoms in total. The highest BCUT2D eigenvalue weighted by atomic mass is 16.3. The van der Waals surface area contributed by atoms with Crippen LogP contribution in [0.2, 0.25) is 0 Å². The van der Waals surface area contributed by atoms with Crippen molar-refractivity contribution >= 4 is 5.82 Å². The normalized spacial score (nSPS) is 9.72. The zero-order valence-electron chi connectivity index (χ0n) is 9.80. The van der Waals surface area contributed by atoms with Crippen LogP contribution in [-0.2, 0) is 6.42 Å². The molecule has 0 spiro atoms. The van der Waals surface area contributed by atoms with Crippen LogP contribution < -0.4 is 5.32 Å². The van der Waals surface area contributed by atoms with Crippen LogP contribution in [-0.4, -0.2) is 16.6 Å². The predicted molar refractivity (Wildman–Crippen MR) is 69.3 cm³/mol. The van der Waals surface area contributed by atoms with Crippen molar-refractivity contribution in [2.75, 3.05) is 11.9 Å². The second-order valence-corrected chi connectivity index (χ2v) is 3.88. The Hall–Kier alpha value is -2.54. The number of anilines is 1. The summed E-state index contributed by atoms with van der Waals surface area (Å²) < 4.78 is 0. The van der Waals surface area contributed by atoms with Crippen LogP contribution in [0.25, 0.3) is 0 Å². The Balaban J connectivity index is 1.88. The van der Waals surface area contributed by atoms with E-state index in [1.165, 1.54) is 0 Å². The van der Waals surface area contributed by atoms with Gasteiger partial charge in [-0.15, -0.1) is 0 Å². The second kappa shape index (κ2) is 5.69. The maximum Gasteiger partial charge on any atom is 0.127 e. The molecule has 90 valence electrons. The smallest absolute Gasteiger partial charge is 0.127 e. The number of nitrogens with zero attached hydrogens (tertiary/aromatic N) is 2. The van der Waals surface area contributed by atoms with Crippen LogP contribution in [0.5, 0.6) is 5.75 Å². The summed E-state index contributed by atoms with van der Waals surface area (Å²) >= 11 is 0. The monoisotopic (exact) mass is 239 g/mol. The summed E-state index contributed by atoms with van der Waals surface area (Å²) in [5, 5.41) is 21.1. The standard InChI is InChI=1S/C14H13N3O/c15-10-12-6-8-17-14(9-12)16-7-5-11-1-3-13(18)4-2-11/h1-4,6,8-9,18H,5,7H2,(H,16,17). The topological polar surface area (TPSA) is 68.9 Å². The Morgan fingerprint density at radius 1 is 1.22 bits per heavy atom. The Labute approximate surface area is 106 Å². The Morgan fingerprint density at radius 2 is 2.00 bits per heavy atom. The molecule has 2 rings (SSSR count). The number of aromatic hydroxyl groups is 1. The zero-order chi connectivity index (χ0) is 12.8. The first-order chi connectivity index (χ1) is 8.78. The van der Waals surface area contributed by atoms with Crippen LogP contribution in [0.15, 0.2) is 42.6 Å². The minimum atomic E-state index is 0.273. The van der Waals surface area contributed by atoms with Crippen LogP contribution in [0, 0.1) is 11.3 Å². The van der Waals surface area contributed by atoms with Gasteiger partial charge in [-0.2, -0.15) is 5.26 Å². The third-order valence-corrected chi connectivity index (χ3v) is 2.55. The number of phenols is 1. The van der Waals surface area contributed by atoms with Gasteiger partial charge in [-0.05, 0) is 36.2 Å². The molecule has 0 aliphatic heterocycles. The van der Waals surface area contributed by atoms with Gasteiger partial charge in [0.25, 0.3) is 0 Å². The van der Waals surface area contributed by atoms with Gasteiger partial charge in [-0.1, -0.05) is 12.1 Å². The van der Waals surface area contributed by atoms with Crippen LogP contribution in [0.3, 0.4) is 0 Å². The quantitative estimate of drug-likeness (QED) is 0.859. The lowest BCUT2D eigenvalue weighted by molar-refractivity contribution is 0.475. The van der Waals surface area contributed by atoms with E-state index >= 15 is 0 Å². The number of nitrogens with one attached hydrogen (secondary N) is 1. The van der Waals surface area contributed by atoms with Crippen molar-refractivity contribution < 1.29 is 5.11 Å². The molecule has 0 unspecified atom stereocenters. The molecular weight excluding hydrogens is 226 g/mol. The van der Waals surface area contributed by atoms with Gasteiger partial charge in [-0.25, -0.2) is 4.98 Å². The van der Waals surface area contributed by atoms with E-state index in [-0.39, 0.29) is 5.75 Å². The molecule has 2 N–H and O–H groups in total. The number of phenolic OH excluding ortho intramolecular Hbond substituents is 1. The first kappa shape index (κ1) is 11.9. The van der Waals surface area contributed by atoms with Gasteiger partial charge in [0.05, 0.1) is 11.6 Å². The van der Waals surface area contributed by atoms with Gasteiger partial charge < -0.3 is 10.4 Å². The van der Waals surface area contributed by atoms with Gasteiger partial charge in [0.2, 0.25) is 0 Å². The first-order valence-electron chi connectivity index (χ1n) is 5.66. The van der Waals surface area contributed by atoms with Crippen LogP contribution in [0.1, 0.15) is 11.1 Å². The molecule has 0 aliphatic carbocycles. The third kappa shape index (κ3) is 3.22. The fraction of sp³-hybridized carbons (Fsp3) is 0.143. The van der Waals surface area contributed by atoms with Gasteiger partial charge in [0.15, 0.2) is 0 Å². The maximum atomic E-state index is 9.16. The number of nitriles is 1. The number of hydrogen-bond acceptors (Lipinski definition) is 4. The highest BCUT2D eigenvalue weighted by molar-refractivity contribution is 5.42. The van der Waals surface area contributed by atoms with E-state index in [1.54, 1.807) is 30.5 Å². The molecule has 0 bridgehead atoms. The van der Waals surface area contributed by atoms with Crippen molar-refractivity contribution in [3.63, 3.8) is 0 Å². The summed E-state index contributed by atoms with van der Waals surface area (Å²) in [6, 6.07) is 12.6. The highest BCUT2D eigenvalue weighted by Crippen LogP contribution is 2.10. The lowest BCUT2D eigenvalue weighted by atomic mass is 10.1. The van der Waals surface area contributed by atoms with E-state index in [2.05, 4.69) is 16.4 Å².